The number of amides is 3. The van der Waals surface area contributed by atoms with Crippen LogP contribution in [-0.2, 0) is 11.3 Å². The van der Waals surface area contributed by atoms with Gasteiger partial charge in [-0.25, -0.2) is 19.0 Å². The molecule has 0 spiro atoms. The number of benzene rings is 1. The maximum atomic E-state index is 13.4. The van der Waals surface area contributed by atoms with Gasteiger partial charge in [0.25, 0.3) is 0 Å². The van der Waals surface area contributed by atoms with E-state index < -0.39 is 46.3 Å². The second kappa shape index (κ2) is 9.15. The fraction of sp³-hybridized carbons (Fsp3) is 0.583. The average molecular weight is 476 g/mol. The number of primary amides is 1. The molecule has 0 saturated carbocycles. The van der Waals surface area contributed by atoms with Crippen molar-refractivity contribution in [2.75, 3.05) is 0 Å². The van der Waals surface area contributed by atoms with Crippen LogP contribution in [0.5, 0.6) is 0 Å². The number of hydrogen-bond donors (Lipinski definition) is 3. The molecule has 0 unspecified atom stereocenters. The molecule has 2 rings (SSSR count). The minimum Gasteiger partial charge on any atom is -0.465 e. The molecule has 0 bridgehead atoms. The van der Waals surface area contributed by atoms with Crippen molar-refractivity contribution in [2.24, 2.45) is 11.1 Å². The zero-order chi connectivity index (χ0) is 26.2. The van der Waals surface area contributed by atoms with Crippen molar-refractivity contribution >= 4 is 29.1 Å². The Morgan fingerprint density at radius 1 is 1.03 bits per heavy atom. The number of imidazole rings is 1. The molecule has 1 heterocycles. The van der Waals surface area contributed by atoms with Gasteiger partial charge < -0.3 is 16.2 Å². The molecule has 1 atom stereocenters. The molecule has 34 heavy (non-hydrogen) atoms. The monoisotopic (exact) mass is 475 g/mol. The first-order valence-corrected chi connectivity index (χ1v) is 11.2. The molecule has 188 valence electrons. The Balaban J connectivity index is 2.49. The predicted molar refractivity (Wildman–Crippen MR) is 131 cm³/mol. The SMILES string of the molecule is CC(C)(C)[C@H](NC(=O)n1c(=O)n(CCC(C)(C)N(C(=O)O)C(C)(C)C)c2ccccc21)C(N)=O. The Kier molecular flexibility index (Phi) is 7.25. The molecule has 4 N–H and O–H groups in total. The number of carbonyl (C=O) groups is 3. The van der Waals surface area contributed by atoms with Crippen LogP contribution in [0.3, 0.4) is 0 Å². The summed E-state index contributed by atoms with van der Waals surface area (Å²) in [5, 5.41) is 12.4. The summed E-state index contributed by atoms with van der Waals surface area (Å²) in [7, 11) is 0. The van der Waals surface area contributed by atoms with Crippen molar-refractivity contribution in [2.45, 2.75) is 85.5 Å². The smallest absolute Gasteiger partial charge is 0.408 e. The van der Waals surface area contributed by atoms with Crippen LogP contribution >= 0.6 is 0 Å². The Morgan fingerprint density at radius 2 is 1.56 bits per heavy atom. The summed E-state index contributed by atoms with van der Waals surface area (Å²) in [5.41, 5.74) is 3.73. The third-order valence-electron chi connectivity index (χ3n) is 5.87. The van der Waals surface area contributed by atoms with E-state index in [0.717, 1.165) is 4.57 Å². The Morgan fingerprint density at radius 3 is 2.00 bits per heavy atom. The fourth-order valence-electron chi connectivity index (χ4n) is 4.47. The second-order valence-electron chi connectivity index (χ2n) is 11.3. The number of carboxylic acid groups (broad SMARTS) is 1. The van der Waals surface area contributed by atoms with Gasteiger partial charge in [0.15, 0.2) is 0 Å². The number of carbonyl (C=O) groups excluding carboxylic acids is 2. The van der Waals surface area contributed by atoms with E-state index >= 15 is 0 Å². The molecular weight excluding hydrogens is 438 g/mol. The maximum absolute atomic E-state index is 13.4. The molecule has 10 nitrogen and oxygen atoms in total. The molecular formula is C24H37N5O5. The molecule has 1 aromatic carbocycles. The van der Waals surface area contributed by atoms with Gasteiger partial charge in [-0.2, -0.15) is 0 Å². The fourth-order valence-corrected chi connectivity index (χ4v) is 4.47. The van der Waals surface area contributed by atoms with Gasteiger partial charge >= 0.3 is 17.8 Å². The van der Waals surface area contributed by atoms with E-state index in [2.05, 4.69) is 5.32 Å². The summed E-state index contributed by atoms with van der Waals surface area (Å²) in [6.45, 7) is 14.5. The summed E-state index contributed by atoms with van der Waals surface area (Å²) in [6, 6.07) is 5.10. The molecule has 0 saturated heterocycles. The van der Waals surface area contributed by atoms with E-state index in [9.17, 15) is 24.3 Å². The molecule has 0 aliphatic carbocycles. The van der Waals surface area contributed by atoms with Crippen molar-refractivity contribution in [3.63, 3.8) is 0 Å². The van der Waals surface area contributed by atoms with E-state index in [4.69, 9.17) is 5.73 Å². The molecule has 10 heteroatoms. The Bertz CT molecular complexity index is 1150. The number of rotatable bonds is 6. The lowest BCUT2D eigenvalue weighted by Crippen LogP contribution is -2.57. The number of nitrogens with zero attached hydrogens (tertiary/aromatic N) is 3. The van der Waals surface area contributed by atoms with Crippen molar-refractivity contribution < 1.29 is 19.5 Å². The molecule has 0 aliphatic heterocycles. The van der Waals surface area contributed by atoms with Gasteiger partial charge in [0.05, 0.1) is 11.0 Å². The number of nitrogens with one attached hydrogen (secondary N) is 1. The van der Waals surface area contributed by atoms with Gasteiger partial charge in [-0.3, -0.25) is 14.3 Å². The average Bonchev–Trinajstić information content (AvgIpc) is 2.92. The largest absolute Gasteiger partial charge is 0.465 e. The highest BCUT2D eigenvalue weighted by atomic mass is 16.4. The highest BCUT2D eigenvalue weighted by Gasteiger charge is 2.39. The lowest BCUT2D eigenvalue weighted by Gasteiger charge is -2.45. The van der Waals surface area contributed by atoms with Crippen molar-refractivity contribution in [3.05, 3.63) is 34.7 Å². The first-order valence-electron chi connectivity index (χ1n) is 11.2. The summed E-state index contributed by atoms with van der Waals surface area (Å²) >= 11 is 0. The number of nitrogens with two attached hydrogens (primary N) is 1. The number of hydrogen-bond acceptors (Lipinski definition) is 4. The lowest BCUT2D eigenvalue weighted by molar-refractivity contribution is -0.122. The van der Waals surface area contributed by atoms with Crippen molar-refractivity contribution in [1.29, 1.82) is 0 Å². The van der Waals surface area contributed by atoms with Gasteiger partial charge in [0.1, 0.15) is 6.04 Å². The van der Waals surface area contributed by atoms with Crippen LogP contribution in [0, 0.1) is 5.41 Å². The standard InChI is InChI=1S/C24H37N5O5/c1-22(2,3)17(18(25)30)26-19(31)28-16-12-10-9-11-15(16)27(20(28)32)14-13-24(7,8)29(21(33)34)23(4,5)6/h9-12,17H,13-14H2,1-8H3,(H2,25,30)(H,26,31)(H,33,34)/t17-/m1/s1. The van der Waals surface area contributed by atoms with E-state index in [-0.39, 0.29) is 6.54 Å². The maximum Gasteiger partial charge on any atom is 0.408 e. The first kappa shape index (κ1) is 26.9. The molecule has 1 aromatic heterocycles. The highest BCUT2D eigenvalue weighted by Crippen LogP contribution is 2.29. The first-order chi connectivity index (χ1) is 15.4. The third-order valence-corrected chi connectivity index (χ3v) is 5.87. The van der Waals surface area contributed by atoms with Crippen LogP contribution in [0.15, 0.2) is 29.1 Å². The van der Waals surface area contributed by atoms with Crippen molar-refractivity contribution in [3.8, 4) is 0 Å². The molecule has 3 amide bonds. The van der Waals surface area contributed by atoms with Crippen LogP contribution in [0.4, 0.5) is 9.59 Å². The molecule has 0 radical (unpaired) electrons. The molecule has 2 aromatic rings. The minimum atomic E-state index is -1.05. The van der Waals surface area contributed by atoms with E-state index in [1.165, 1.54) is 9.47 Å². The van der Waals surface area contributed by atoms with E-state index in [0.29, 0.717) is 17.5 Å². The number of para-hydroxylation sites is 2. The van der Waals surface area contributed by atoms with E-state index in [1.807, 2.05) is 34.6 Å². The van der Waals surface area contributed by atoms with Crippen molar-refractivity contribution in [1.82, 2.24) is 19.4 Å². The normalized spacial score (nSPS) is 13.5. The van der Waals surface area contributed by atoms with Crippen LogP contribution in [0.2, 0.25) is 0 Å². The quantitative estimate of drug-likeness (QED) is 0.589. The zero-order valence-electron chi connectivity index (χ0n) is 21.3. The van der Waals surface area contributed by atoms with Crippen LogP contribution in [-0.4, -0.2) is 54.3 Å². The van der Waals surface area contributed by atoms with Gasteiger partial charge in [0, 0.05) is 17.6 Å². The second-order valence-corrected chi connectivity index (χ2v) is 11.3. The minimum absolute atomic E-state index is 0.186. The zero-order valence-corrected chi connectivity index (χ0v) is 21.3. The number of aromatic nitrogens is 2. The molecule has 0 fully saturated rings. The summed E-state index contributed by atoms with van der Waals surface area (Å²) in [4.78, 5) is 51.8. The number of aryl methyl sites for hydroxylation is 1. The molecule has 0 aliphatic rings. The third kappa shape index (κ3) is 5.43. The van der Waals surface area contributed by atoms with Crippen LogP contribution in [0.1, 0.15) is 61.8 Å². The Labute approximate surface area is 199 Å². The van der Waals surface area contributed by atoms with E-state index in [1.54, 1.807) is 45.0 Å². The summed E-state index contributed by atoms with van der Waals surface area (Å²) in [6.07, 6.45) is -0.718. The van der Waals surface area contributed by atoms with Gasteiger partial charge in [-0.15, -0.1) is 0 Å². The Hall–Kier alpha value is -3.30. The van der Waals surface area contributed by atoms with Gasteiger partial charge in [-0.1, -0.05) is 32.9 Å². The summed E-state index contributed by atoms with van der Waals surface area (Å²) < 4.78 is 2.44. The van der Waals surface area contributed by atoms with Gasteiger partial charge in [0.2, 0.25) is 5.91 Å². The van der Waals surface area contributed by atoms with Crippen LogP contribution in [0.25, 0.3) is 11.0 Å². The lowest BCUT2D eigenvalue weighted by atomic mass is 9.86. The van der Waals surface area contributed by atoms with Crippen LogP contribution < -0.4 is 16.7 Å². The highest BCUT2D eigenvalue weighted by molar-refractivity contribution is 5.92. The topological polar surface area (TPSA) is 140 Å². The summed E-state index contributed by atoms with van der Waals surface area (Å²) in [5.74, 6) is -0.699. The number of fused-ring (bicyclic) bond motifs is 1. The van der Waals surface area contributed by atoms with Gasteiger partial charge in [-0.05, 0) is 58.6 Å². The predicted octanol–water partition coefficient (Wildman–Crippen LogP) is 3.21.